The molecule has 0 spiro atoms. The quantitative estimate of drug-likeness (QED) is 0.471. The molecule has 1 aliphatic rings. The van der Waals surface area contributed by atoms with Crippen LogP contribution >= 0.6 is 0 Å². The Kier molecular flexibility index (Phi) is 6.79. The van der Waals surface area contributed by atoms with Crippen molar-refractivity contribution in [2.75, 3.05) is 0 Å². The van der Waals surface area contributed by atoms with Crippen LogP contribution in [-0.2, 0) is 17.4 Å². The van der Waals surface area contributed by atoms with Gasteiger partial charge in [0.25, 0.3) is 0 Å². The van der Waals surface area contributed by atoms with Gasteiger partial charge in [0.1, 0.15) is 0 Å². The van der Waals surface area contributed by atoms with E-state index in [1.165, 1.54) is 5.69 Å². The first-order valence-corrected chi connectivity index (χ1v) is 8.79. The molecular weight excluding hydrogens is 297 g/mol. The predicted octanol–water partition coefficient (Wildman–Crippen LogP) is -3.51. The third kappa shape index (κ3) is 3.49. The monoisotopic (exact) mass is 315 g/mol. The Hall–Kier alpha value is 0.494. The van der Waals surface area contributed by atoms with E-state index in [4.69, 9.17) is 0 Å². The molecule has 1 fully saturated rings. The Labute approximate surface area is 119 Å². The van der Waals surface area contributed by atoms with Crippen LogP contribution in [0.15, 0.2) is 18.3 Å². The number of H-pyrrole nitrogens is 1. The Balaban J connectivity index is 0.00000128. The van der Waals surface area contributed by atoms with Crippen LogP contribution in [0.5, 0.6) is 0 Å². The van der Waals surface area contributed by atoms with Gasteiger partial charge >= 0.3 is 94.8 Å². The van der Waals surface area contributed by atoms with E-state index in [-0.39, 0.29) is 33.3 Å². The van der Waals surface area contributed by atoms with E-state index in [0.29, 0.717) is 5.92 Å². The summed E-state index contributed by atoms with van der Waals surface area (Å²) in [6.45, 7) is 3.98. The van der Waals surface area contributed by atoms with Crippen molar-refractivity contribution in [2.24, 2.45) is 0 Å². The topological polar surface area (TPSA) is 56.2 Å². The summed E-state index contributed by atoms with van der Waals surface area (Å²) >= 11 is -3.48. The molecule has 2 rings (SSSR count). The van der Waals surface area contributed by atoms with Crippen molar-refractivity contribution in [3.63, 3.8) is 0 Å². The number of aromatic nitrogens is 1. The molecule has 0 aromatic carbocycles. The van der Waals surface area contributed by atoms with Gasteiger partial charge in [-0.3, -0.25) is 0 Å². The van der Waals surface area contributed by atoms with Crippen molar-refractivity contribution >= 4 is 0 Å². The molecule has 1 aromatic rings. The van der Waals surface area contributed by atoms with Crippen LogP contribution < -0.4 is 24.8 Å². The van der Waals surface area contributed by atoms with Crippen molar-refractivity contribution in [1.29, 1.82) is 0 Å². The van der Waals surface area contributed by atoms with E-state index in [2.05, 4.69) is 11.1 Å². The number of halogens is 2. The first-order chi connectivity index (χ1) is 7.01. The van der Waals surface area contributed by atoms with Gasteiger partial charge in [0.15, 0.2) is 0 Å². The minimum absolute atomic E-state index is 0. The Bertz CT molecular complexity index is 318. The SMILES string of the molecule is C[CH]1CC(c2ccc[nH]2)C[CH](C)[Ti+2]1([OH])[OH].[Cl-].[Cl-]. The first-order valence-electron chi connectivity index (χ1n) is 5.59. The summed E-state index contributed by atoms with van der Waals surface area (Å²) in [6.07, 6.45) is 3.77. The summed E-state index contributed by atoms with van der Waals surface area (Å²) in [5.74, 6) is 0.475. The van der Waals surface area contributed by atoms with E-state index in [1.54, 1.807) is 0 Å². The minimum atomic E-state index is -3.48. The van der Waals surface area contributed by atoms with Crippen LogP contribution in [0.3, 0.4) is 0 Å². The van der Waals surface area contributed by atoms with Crippen LogP contribution in [0.2, 0.25) is 8.45 Å². The van der Waals surface area contributed by atoms with Crippen molar-refractivity contribution in [3.05, 3.63) is 24.0 Å². The molecule has 2 atom stereocenters. The molecule has 3 nitrogen and oxygen atoms in total. The Morgan fingerprint density at radius 2 is 1.71 bits per heavy atom. The second kappa shape index (κ2) is 6.60. The zero-order valence-electron chi connectivity index (χ0n) is 10.0. The molecule has 1 saturated heterocycles. The van der Waals surface area contributed by atoms with Gasteiger partial charge in [-0.25, -0.2) is 0 Å². The molecule has 3 N–H and O–H groups in total. The second-order valence-corrected chi connectivity index (χ2v) is 10.4. The van der Waals surface area contributed by atoms with Gasteiger partial charge in [0.2, 0.25) is 0 Å². The molecule has 0 amide bonds. The zero-order chi connectivity index (χ0) is 11.1. The molecular formula is C11H19Cl2NO2Ti. The third-order valence-electron chi connectivity index (χ3n) is 3.79. The van der Waals surface area contributed by atoms with Crippen molar-refractivity contribution in [3.8, 4) is 0 Å². The maximum atomic E-state index is 10.1. The second-order valence-electron chi connectivity index (χ2n) is 4.88. The molecule has 2 heterocycles. The fraction of sp³-hybridized carbons (Fsp3) is 0.636. The van der Waals surface area contributed by atoms with E-state index in [1.807, 2.05) is 26.1 Å². The fourth-order valence-electron chi connectivity index (χ4n) is 2.63. The number of aromatic amines is 1. The molecule has 2 unspecified atom stereocenters. The summed E-state index contributed by atoms with van der Waals surface area (Å²) in [4.78, 5) is 3.23. The van der Waals surface area contributed by atoms with Crippen molar-refractivity contribution in [1.82, 2.24) is 4.98 Å². The number of rotatable bonds is 1. The average Bonchev–Trinajstić information content (AvgIpc) is 2.67. The number of hydrogen-bond acceptors (Lipinski definition) is 2. The van der Waals surface area contributed by atoms with Crippen LogP contribution in [0.4, 0.5) is 0 Å². The molecule has 1 aliphatic heterocycles. The largest absolute Gasteiger partial charge is 1.00 e. The van der Waals surface area contributed by atoms with Crippen molar-refractivity contribution in [2.45, 2.75) is 41.1 Å². The third-order valence-corrected chi connectivity index (χ3v) is 9.06. The molecule has 1 aromatic heterocycles. The molecule has 0 bridgehead atoms. The Morgan fingerprint density at radius 1 is 1.18 bits per heavy atom. The summed E-state index contributed by atoms with van der Waals surface area (Å²) in [6, 6.07) is 4.10. The standard InChI is InChI=1S/C11H17N.2ClH.2H2O.Ti/c1-3-6-10(7-4-2)11-8-5-9-12-11;;;;;/h3-5,8-10,12H,6-7H2,1-2H3;2*1H;2*1H2;/q;;;;;+4/p-4. The summed E-state index contributed by atoms with van der Waals surface area (Å²) in [5, 5.41) is 0. The van der Waals surface area contributed by atoms with Crippen LogP contribution in [0.25, 0.3) is 0 Å². The molecule has 0 radical (unpaired) electrons. The number of hydrogen-bond donors (Lipinski definition) is 3. The van der Waals surface area contributed by atoms with E-state index in [0.717, 1.165) is 12.8 Å². The van der Waals surface area contributed by atoms with E-state index in [9.17, 15) is 7.38 Å². The van der Waals surface area contributed by atoms with Gasteiger partial charge in [0.05, 0.1) is 0 Å². The number of nitrogens with one attached hydrogen (secondary N) is 1. The van der Waals surface area contributed by atoms with Gasteiger partial charge in [-0.15, -0.1) is 0 Å². The Morgan fingerprint density at radius 3 is 2.12 bits per heavy atom. The summed E-state index contributed by atoms with van der Waals surface area (Å²) in [7, 11) is 0. The predicted molar refractivity (Wildman–Crippen MR) is 56.1 cm³/mol. The van der Waals surface area contributed by atoms with Gasteiger partial charge in [-0.05, 0) is 0 Å². The average molecular weight is 316 g/mol. The van der Waals surface area contributed by atoms with Crippen LogP contribution in [0.1, 0.15) is 38.3 Å². The maximum absolute atomic E-state index is 10.1. The summed E-state index contributed by atoms with van der Waals surface area (Å²) < 4.78 is 20.3. The van der Waals surface area contributed by atoms with E-state index >= 15 is 0 Å². The van der Waals surface area contributed by atoms with Gasteiger partial charge in [-0.2, -0.15) is 0 Å². The van der Waals surface area contributed by atoms with Crippen molar-refractivity contribution < 1.29 is 49.6 Å². The van der Waals surface area contributed by atoms with Gasteiger partial charge in [-0.1, -0.05) is 0 Å². The molecule has 0 aliphatic carbocycles. The summed E-state index contributed by atoms with van der Waals surface area (Å²) in [5.41, 5.74) is 1.24. The van der Waals surface area contributed by atoms with E-state index < -0.39 is 17.4 Å². The smallest absolute Gasteiger partial charge is 1.00 e. The van der Waals surface area contributed by atoms with Gasteiger partial charge < -0.3 is 24.8 Å². The molecule has 17 heavy (non-hydrogen) atoms. The van der Waals surface area contributed by atoms with Crippen LogP contribution in [-0.4, -0.2) is 12.4 Å². The normalized spacial score (nSPS) is 29.3. The molecule has 6 heteroatoms. The fourth-order valence-corrected chi connectivity index (χ4v) is 6.12. The molecule has 98 valence electrons. The van der Waals surface area contributed by atoms with Crippen LogP contribution in [0, 0.1) is 0 Å². The minimum Gasteiger partial charge on any atom is -1.00 e. The maximum Gasteiger partial charge on any atom is -1.00 e. The molecule has 0 saturated carbocycles. The zero-order valence-corrected chi connectivity index (χ0v) is 13.1. The van der Waals surface area contributed by atoms with Gasteiger partial charge in [0, 0.05) is 0 Å². The first kappa shape index (κ1) is 17.5.